The molecule has 0 saturated carbocycles. The van der Waals surface area contributed by atoms with Gasteiger partial charge >= 0.3 is 17.9 Å². The fourth-order valence-corrected chi connectivity index (χ4v) is 11.2. The summed E-state index contributed by atoms with van der Waals surface area (Å²) in [4.78, 5) is 61.0. The quantitative estimate of drug-likeness (QED) is 0.0533. The second-order valence-corrected chi connectivity index (χ2v) is 31.1. The van der Waals surface area contributed by atoms with Crippen LogP contribution in [0.4, 0.5) is 11.4 Å². The number of esters is 3. The molecule has 8 rings (SSSR count). The molecular weight excluding hydrogens is 1180 g/mol. The van der Waals surface area contributed by atoms with Gasteiger partial charge in [0.1, 0.15) is 39.8 Å². The number of rotatable bonds is 16. The molecule has 506 valence electrons. The molecule has 1 amide bonds. The van der Waals surface area contributed by atoms with E-state index >= 15 is 0 Å². The number of carbonyl (C=O) groups is 4. The van der Waals surface area contributed by atoms with E-state index in [-0.39, 0.29) is 56.8 Å². The number of pyridine rings is 1. The SMILES string of the molecule is CCC.CCCNc1ccc2cc3ccc(NC(=O)COc4c5cc(C(C)(C)C)cc4Cc4cc(C(C)(C)C)cc(c4OCC(=O)OC(C)(C)C)Cc4cc(C(C)(C)C)cc(c4OCC(=O)OC(C)(C)C)Cc4cc(C)cc(c4OCC(=O)OC(C)(C)C)C5)cc3nc2c1. The largest absolute Gasteiger partial charge is 0.483 e. The molecule has 1 aliphatic carbocycles. The lowest BCUT2D eigenvalue weighted by Crippen LogP contribution is -2.28. The summed E-state index contributed by atoms with van der Waals surface area (Å²) in [5, 5.41) is 8.52. The molecule has 7 aromatic rings. The van der Waals surface area contributed by atoms with Gasteiger partial charge < -0.3 is 43.8 Å². The summed E-state index contributed by atoms with van der Waals surface area (Å²) in [6.07, 6.45) is 3.18. The van der Waals surface area contributed by atoms with Crippen LogP contribution >= 0.6 is 0 Å². The van der Waals surface area contributed by atoms with Gasteiger partial charge in [0, 0.05) is 54.4 Å². The first-order chi connectivity index (χ1) is 43.7. The molecule has 14 nitrogen and oxygen atoms in total. The summed E-state index contributed by atoms with van der Waals surface area (Å²) >= 11 is 0. The van der Waals surface area contributed by atoms with Crippen molar-refractivity contribution in [2.75, 3.05) is 43.6 Å². The Hall–Kier alpha value is -8.13. The van der Waals surface area contributed by atoms with E-state index in [1.54, 1.807) is 0 Å². The number of amides is 1. The maximum Gasteiger partial charge on any atom is 0.344 e. The Balaban J connectivity index is 0.00000409. The van der Waals surface area contributed by atoms with Crippen LogP contribution in [0.15, 0.2) is 91.0 Å². The zero-order chi connectivity index (χ0) is 69.5. The van der Waals surface area contributed by atoms with Crippen LogP contribution < -0.4 is 29.6 Å². The Labute approximate surface area is 559 Å². The lowest BCUT2D eigenvalue weighted by Gasteiger charge is -2.29. The Morgan fingerprint density at radius 1 is 0.404 bits per heavy atom. The van der Waals surface area contributed by atoms with Crippen LogP contribution in [0.2, 0.25) is 0 Å². The van der Waals surface area contributed by atoms with Gasteiger partial charge in [-0.3, -0.25) is 4.79 Å². The summed E-state index contributed by atoms with van der Waals surface area (Å²) in [6, 6.07) is 30.9. The molecule has 94 heavy (non-hydrogen) atoms. The number of aromatic nitrogens is 1. The van der Waals surface area contributed by atoms with E-state index in [4.69, 9.17) is 38.1 Å². The van der Waals surface area contributed by atoms with Crippen LogP contribution in [0.5, 0.6) is 23.0 Å². The smallest absolute Gasteiger partial charge is 0.344 e. The molecule has 0 aliphatic heterocycles. The number of carbonyl (C=O) groups excluding carboxylic acids is 4. The maximum absolute atomic E-state index is 14.6. The third-order valence-electron chi connectivity index (χ3n) is 15.3. The van der Waals surface area contributed by atoms with Gasteiger partial charge in [-0.05, 0) is 183 Å². The average Bonchev–Trinajstić information content (AvgIpc) is 0.770. The standard InChI is InChI=1S/C77H97N3O11.C3H8/c1-21-26-78-60-24-22-47-29-48-23-25-61(41-63(48)80-62(47)40-60)79-64(81)42-85-69-51-30-49-27-46(2)28-50(68(49)86-43-65(82)89-75(12,13)14)31-52-35-58(73(6,7)8)38-55(70(52)87-44-66(83)90-76(15,16)17)33-56-39-59(74(9,10)11)37-54(32-53(69)36-57(34-51)72(3,4)5)71(56)88-45-67(84)91-77(18,19)20;1-3-2/h22-25,27-29,34-41,78H,21,26,30-33,42-45H2,1-20H3,(H,79,81);3H2,1-2H3. The van der Waals surface area contributed by atoms with Crippen LogP contribution in [-0.2, 0) is 75.3 Å². The molecule has 1 aliphatic rings. The Morgan fingerprint density at radius 2 is 0.702 bits per heavy atom. The predicted octanol–water partition coefficient (Wildman–Crippen LogP) is 17.7. The number of anilines is 2. The first kappa shape index (κ1) is 73.3. The zero-order valence-electron chi connectivity index (χ0n) is 60.4. The Morgan fingerprint density at radius 3 is 1.01 bits per heavy atom. The monoisotopic (exact) mass is 1280 g/mol. The van der Waals surface area contributed by atoms with E-state index in [1.807, 2.05) is 93.5 Å². The van der Waals surface area contributed by atoms with E-state index < -0.39 is 52.1 Å². The number of ether oxygens (including phenoxy) is 7. The van der Waals surface area contributed by atoms with Crippen molar-refractivity contribution in [2.45, 2.75) is 224 Å². The number of aryl methyl sites for hydroxylation is 1. The van der Waals surface area contributed by atoms with Crippen molar-refractivity contribution >= 4 is 57.0 Å². The van der Waals surface area contributed by atoms with Crippen molar-refractivity contribution in [1.82, 2.24) is 4.98 Å². The average molecular weight is 1280 g/mol. The molecule has 1 heterocycles. The number of hydrogen-bond acceptors (Lipinski definition) is 13. The molecule has 0 unspecified atom stereocenters. The minimum atomic E-state index is -0.784. The third-order valence-corrected chi connectivity index (χ3v) is 15.3. The van der Waals surface area contributed by atoms with E-state index in [0.717, 1.165) is 107 Å². The van der Waals surface area contributed by atoms with Gasteiger partial charge in [-0.2, -0.15) is 0 Å². The number of nitrogens with zero attached hydrogens (tertiary/aromatic N) is 1. The van der Waals surface area contributed by atoms with E-state index in [2.05, 4.69) is 160 Å². The normalized spacial score (nSPS) is 12.9. The lowest BCUT2D eigenvalue weighted by atomic mass is 9.80. The van der Waals surface area contributed by atoms with Gasteiger partial charge in [-0.25, -0.2) is 19.4 Å². The molecular formula is C80H105N3O11. The fourth-order valence-electron chi connectivity index (χ4n) is 11.2. The van der Waals surface area contributed by atoms with Crippen LogP contribution in [0.3, 0.4) is 0 Å². The van der Waals surface area contributed by atoms with Crippen molar-refractivity contribution in [1.29, 1.82) is 0 Å². The molecule has 2 N–H and O–H groups in total. The first-order valence-corrected chi connectivity index (χ1v) is 33.3. The highest BCUT2D eigenvalue weighted by Gasteiger charge is 2.31. The van der Waals surface area contributed by atoms with Crippen molar-refractivity contribution in [3.05, 3.63) is 158 Å². The second kappa shape index (κ2) is 29.7. The maximum atomic E-state index is 14.6. The van der Waals surface area contributed by atoms with Crippen molar-refractivity contribution in [3.63, 3.8) is 0 Å². The minimum Gasteiger partial charge on any atom is -0.483 e. The Bertz CT molecular complexity index is 3890. The van der Waals surface area contributed by atoms with Gasteiger partial charge in [0.05, 0.1) is 11.0 Å². The van der Waals surface area contributed by atoms with Gasteiger partial charge in [0.15, 0.2) is 26.4 Å². The number of hydrogen-bond donors (Lipinski definition) is 2. The second-order valence-electron chi connectivity index (χ2n) is 31.1. The number of nitrogens with one attached hydrogen (secondary N) is 2. The van der Waals surface area contributed by atoms with Gasteiger partial charge in [0.2, 0.25) is 0 Å². The first-order valence-electron chi connectivity index (χ1n) is 33.3. The van der Waals surface area contributed by atoms with Gasteiger partial charge in [-0.15, -0.1) is 0 Å². The number of fused-ring (bicyclic) bond motifs is 10. The molecule has 0 fully saturated rings. The molecule has 0 saturated heterocycles. The van der Waals surface area contributed by atoms with Crippen molar-refractivity contribution < 1.29 is 52.3 Å². The minimum absolute atomic E-state index is 0.227. The topological polar surface area (TPSA) is 170 Å². The fraction of sp³-hybridized carbons (Fsp3) is 0.487. The van der Waals surface area contributed by atoms with Crippen LogP contribution in [0.1, 0.15) is 225 Å². The summed E-state index contributed by atoms with van der Waals surface area (Å²) in [7, 11) is 0. The highest BCUT2D eigenvalue weighted by atomic mass is 16.6. The van der Waals surface area contributed by atoms with E-state index in [1.165, 1.54) is 6.42 Å². The molecule has 0 atom stereocenters. The summed E-state index contributed by atoms with van der Waals surface area (Å²) in [6.45, 7) is 43.6. The van der Waals surface area contributed by atoms with E-state index in [0.29, 0.717) is 28.7 Å². The molecule has 8 bridgehead atoms. The zero-order valence-corrected chi connectivity index (χ0v) is 60.4. The lowest BCUT2D eigenvalue weighted by molar-refractivity contribution is -0.158. The van der Waals surface area contributed by atoms with Gasteiger partial charge in [-0.1, -0.05) is 156 Å². The Kier molecular flexibility index (Phi) is 23.1. The molecule has 1 aromatic heterocycles. The van der Waals surface area contributed by atoms with Crippen molar-refractivity contribution in [2.24, 2.45) is 0 Å². The number of benzene rings is 6. The van der Waals surface area contributed by atoms with Crippen LogP contribution in [0, 0.1) is 6.92 Å². The molecule has 0 radical (unpaired) electrons. The molecule has 0 spiro atoms. The third kappa shape index (κ3) is 20.7. The van der Waals surface area contributed by atoms with Gasteiger partial charge in [0.25, 0.3) is 5.91 Å². The molecule has 6 aromatic carbocycles. The van der Waals surface area contributed by atoms with Crippen LogP contribution in [0.25, 0.3) is 21.8 Å². The van der Waals surface area contributed by atoms with Crippen LogP contribution in [-0.4, -0.2) is 78.6 Å². The molecule has 14 heteroatoms. The van der Waals surface area contributed by atoms with E-state index in [9.17, 15) is 19.2 Å². The highest BCUT2D eigenvalue weighted by Crippen LogP contribution is 2.44. The predicted molar refractivity (Wildman–Crippen MR) is 380 cm³/mol. The van der Waals surface area contributed by atoms with Crippen molar-refractivity contribution in [3.8, 4) is 23.0 Å². The summed E-state index contributed by atoms with van der Waals surface area (Å²) < 4.78 is 45.1. The highest BCUT2D eigenvalue weighted by molar-refractivity contribution is 5.98. The summed E-state index contributed by atoms with van der Waals surface area (Å²) in [5.74, 6) is -0.0985. The summed E-state index contributed by atoms with van der Waals surface area (Å²) in [5.41, 5.74) is 9.64.